The van der Waals surface area contributed by atoms with Crippen LogP contribution in [0.1, 0.15) is 42.1 Å². The highest BCUT2D eigenvalue weighted by Gasteiger charge is 2.69. The van der Waals surface area contributed by atoms with E-state index in [9.17, 15) is 22.8 Å². The van der Waals surface area contributed by atoms with E-state index in [4.69, 9.17) is 23.2 Å². The molecule has 1 unspecified atom stereocenters. The SMILES string of the molecule is CC1(C(=O)N(Cc2ccc(C(=O)NCC(F)(F)F)cc2)C2CC2)CC1(Cl)Cl. The van der Waals surface area contributed by atoms with Crippen molar-refractivity contribution in [2.24, 2.45) is 5.41 Å². The second-order valence-electron chi connectivity index (χ2n) is 7.37. The molecule has 2 amide bonds. The van der Waals surface area contributed by atoms with E-state index < -0.39 is 28.4 Å². The number of rotatable bonds is 6. The van der Waals surface area contributed by atoms with Crippen LogP contribution < -0.4 is 5.32 Å². The molecule has 1 aromatic rings. The zero-order valence-electron chi connectivity index (χ0n) is 14.6. The minimum Gasteiger partial charge on any atom is -0.343 e. The summed E-state index contributed by atoms with van der Waals surface area (Å²) in [6.07, 6.45) is -2.22. The van der Waals surface area contributed by atoms with E-state index in [1.54, 1.807) is 24.0 Å². The molecule has 0 heterocycles. The maximum absolute atomic E-state index is 12.9. The van der Waals surface area contributed by atoms with E-state index in [2.05, 4.69) is 0 Å². The molecule has 0 aromatic heterocycles. The Labute approximate surface area is 165 Å². The van der Waals surface area contributed by atoms with Crippen LogP contribution in [0, 0.1) is 5.41 Å². The van der Waals surface area contributed by atoms with Gasteiger partial charge in [0.05, 0.1) is 5.41 Å². The van der Waals surface area contributed by atoms with Crippen molar-refractivity contribution in [3.8, 4) is 0 Å². The molecule has 4 nitrogen and oxygen atoms in total. The van der Waals surface area contributed by atoms with Crippen LogP contribution in [0.15, 0.2) is 24.3 Å². The molecule has 0 bridgehead atoms. The van der Waals surface area contributed by atoms with Gasteiger partial charge in [-0.15, -0.1) is 23.2 Å². The molecule has 0 radical (unpaired) electrons. The average Bonchev–Trinajstić information content (AvgIpc) is 3.48. The minimum atomic E-state index is -4.46. The van der Waals surface area contributed by atoms with Gasteiger partial charge in [-0.1, -0.05) is 12.1 Å². The molecule has 2 aliphatic rings. The highest BCUT2D eigenvalue weighted by molar-refractivity contribution is 6.53. The van der Waals surface area contributed by atoms with Gasteiger partial charge in [-0.3, -0.25) is 9.59 Å². The number of benzene rings is 1. The highest BCUT2D eigenvalue weighted by atomic mass is 35.5. The van der Waals surface area contributed by atoms with E-state index in [0.29, 0.717) is 13.0 Å². The highest BCUT2D eigenvalue weighted by Crippen LogP contribution is 2.65. The summed E-state index contributed by atoms with van der Waals surface area (Å²) in [6.45, 7) is 0.709. The van der Waals surface area contributed by atoms with Crippen molar-refractivity contribution in [1.82, 2.24) is 10.2 Å². The minimum absolute atomic E-state index is 0.0954. The third kappa shape index (κ3) is 4.51. The Kier molecular flexibility index (Phi) is 5.14. The Morgan fingerprint density at radius 1 is 1.22 bits per heavy atom. The van der Waals surface area contributed by atoms with Gasteiger partial charge in [0.25, 0.3) is 5.91 Å². The molecule has 148 valence electrons. The molecule has 2 saturated carbocycles. The van der Waals surface area contributed by atoms with Crippen LogP contribution in [0.2, 0.25) is 0 Å². The van der Waals surface area contributed by atoms with Crippen LogP contribution in [0.3, 0.4) is 0 Å². The molecule has 3 rings (SSSR count). The van der Waals surface area contributed by atoms with Crippen LogP contribution in [0.5, 0.6) is 0 Å². The first-order chi connectivity index (χ1) is 12.4. The maximum atomic E-state index is 12.9. The molecule has 2 aliphatic carbocycles. The largest absolute Gasteiger partial charge is 0.405 e. The lowest BCUT2D eigenvalue weighted by Crippen LogP contribution is -2.39. The molecule has 2 fully saturated rings. The number of alkyl halides is 5. The fourth-order valence-electron chi connectivity index (χ4n) is 2.94. The molecule has 1 N–H and O–H groups in total. The third-order valence-corrected chi connectivity index (χ3v) is 6.10. The van der Waals surface area contributed by atoms with E-state index in [-0.39, 0.29) is 17.5 Å². The van der Waals surface area contributed by atoms with Crippen molar-refractivity contribution >= 4 is 35.0 Å². The third-order valence-electron chi connectivity index (χ3n) is 5.00. The summed E-state index contributed by atoms with van der Waals surface area (Å²) in [5.41, 5.74) is 0.111. The Balaban J connectivity index is 1.64. The van der Waals surface area contributed by atoms with Gasteiger partial charge in [-0.05, 0) is 43.9 Å². The summed E-state index contributed by atoms with van der Waals surface area (Å²) >= 11 is 12.3. The topological polar surface area (TPSA) is 49.4 Å². The van der Waals surface area contributed by atoms with Gasteiger partial charge in [-0.2, -0.15) is 13.2 Å². The molecule has 1 atom stereocenters. The molecule has 0 aliphatic heterocycles. The van der Waals surface area contributed by atoms with Gasteiger partial charge in [0, 0.05) is 18.2 Å². The fraction of sp³-hybridized carbons (Fsp3) is 0.556. The summed E-state index contributed by atoms with van der Waals surface area (Å²) in [5.74, 6) is -0.893. The smallest absolute Gasteiger partial charge is 0.343 e. The summed E-state index contributed by atoms with van der Waals surface area (Å²) in [7, 11) is 0. The van der Waals surface area contributed by atoms with Crippen molar-refractivity contribution in [1.29, 1.82) is 0 Å². The van der Waals surface area contributed by atoms with Crippen LogP contribution in [0.25, 0.3) is 0 Å². The second-order valence-corrected chi connectivity index (χ2v) is 8.86. The number of amides is 2. The number of carbonyl (C=O) groups excluding carboxylic acids is 2. The van der Waals surface area contributed by atoms with Gasteiger partial charge in [0.1, 0.15) is 10.9 Å². The first kappa shape index (κ1) is 20.3. The molecule has 27 heavy (non-hydrogen) atoms. The number of nitrogens with one attached hydrogen (secondary N) is 1. The normalized spacial score (nSPS) is 23.6. The lowest BCUT2D eigenvalue weighted by Gasteiger charge is -2.27. The summed E-state index contributed by atoms with van der Waals surface area (Å²) in [5, 5.41) is 1.82. The predicted octanol–water partition coefficient (Wildman–Crippen LogP) is 4.05. The Morgan fingerprint density at radius 3 is 2.22 bits per heavy atom. The summed E-state index contributed by atoms with van der Waals surface area (Å²) in [4.78, 5) is 26.4. The van der Waals surface area contributed by atoms with E-state index in [0.717, 1.165) is 18.4 Å². The molecular formula is C18H19Cl2F3N2O2. The summed E-state index contributed by atoms with van der Waals surface area (Å²) < 4.78 is 35.5. The van der Waals surface area contributed by atoms with Gasteiger partial charge in [0.2, 0.25) is 5.91 Å². The molecule has 0 saturated heterocycles. The molecule has 1 aromatic carbocycles. The lowest BCUT2D eigenvalue weighted by atomic mass is 10.1. The Hall–Kier alpha value is -1.47. The Morgan fingerprint density at radius 2 is 1.78 bits per heavy atom. The van der Waals surface area contributed by atoms with Gasteiger partial charge >= 0.3 is 6.18 Å². The van der Waals surface area contributed by atoms with E-state index in [1.807, 2.05) is 5.32 Å². The first-order valence-electron chi connectivity index (χ1n) is 8.56. The molecule has 0 spiro atoms. The predicted molar refractivity (Wildman–Crippen MR) is 95.6 cm³/mol. The second kappa shape index (κ2) is 6.85. The monoisotopic (exact) mass is 422 g/mol. The van der Waals surface area contributed by atoms with E-state index in [1.165, 1.54) is 12.1 Å². The number of hydrogen-bond acceptors (Lipinski definition) is 2. The number of hydrogen-bond donors (Lipinski definition) is 1. The maximum Gasteiger partial charge on any atom is 0.405 e. The van der Waals surface area contributed by atoms with Crippen LogP contribution in [-0.2, 0) is 11.3 Å². The molecule has 9 heteroatoms. The van der Waals surface area contributed by atoms with E-state index >= 15 is 0 Å². The van der Waals surface area contributed by atoms with Crippen molar-refractivity contribution in [2.45, 2.75) is 49.3 Å². The Bertz CT molecular complexity index is 748. The van der Waals surface area contributed by atoms with Crippen molar-refractivity contribution in [2.75, 3.05) is 6.54 Å². The summed E-state index contributed by atoms with van der Waals surface area (Å²) in [6, 6.07) is 6.31. The van der Waals surface area contributed by atoms with Gasteiger partial charge in [0.15, 0.2) is 0 Å². The van der Waals surface area contributed by atoms with Gasteiger partial charge in [-0.25, -0.2) is 0 Å². The molecular weight excluding hydrogens is 404 g/mol. The zero-order chi connectivity index (χ0) is 20.0. The van der Waals surface area contributed by atoms with Crippen LogP contribution in [-0.4, -0.2) is 39.8 Å². The van der Waals surface area contributed by atoms with Crippen LogP contribution >= 0.6 is 23.2 Å². The van der Waals surface area contributed by atoms with Crippen molar-refractivity contribution in [3.63, 3.8) is 0 Å². The lowest BCUT2D eigenvalue weighted by molar-refractivity contribution is -0.137. The fourth-order valence-corrected chi connectivity index (χ4v) is 3.64. The number of halogens is 5. The van der Waals surface area contributed by atoms with Crippen LogP contribution in [0.4, 0.5) is 13.2 Å². The quantitative estimate of drug-likeness (QED) is 0.702. The van der Waals surface area contributed by atoms with Gasteiger partial charge < -0.3 is 10.2 Å². The zero-order valence-corrected chi connectivity index (χ0v) is 16.1. The number of carbonyl (C=O) groups is 2. The van der Waals surface area contributed by atoms with Crippen molar-refractivity contribution < 1.29 is 22.8 Å². The number of nitrogens with zero attached hydrogens (tertiary/aromatic N) is 1. The van der Waals surface area contributed by atoms with Crippen molar-refractivity contribution in [3.05, 3.63) is 35.4 Å². The first-order valence-corrected chi connectivity index (χ1v) is 9.31. The standard InChI is InChI=1S/C18H19Cl2F3N2O2/c1-16(9-17(16,19)20)15(27)25(13-6-7-13)8-11-2-4-12(5-3-11)14(26)24-10-18(21,22)23/h2-5,13H,6-10H2,1H3,(H,24,26). The average molecular weight is 423 g/mol.